The number of aliphatic carboxylic acids is 2. The Labute approximate surface area is 126 Å². The molecule has 10 nitrogen and oxygen atoms in total. The predicted octanol–water partition coefficient (Wildman–Crippen LogP) is 0.871. The molecule has 0 aromatic carbocycles. The zero-order chi connectivity index (χ0) is 17.0. The molecule has 12 heteroatoms. The second kappa shape index (κ2) is 7.68. The van der Waals surface area contributed by atoms with Crippen LogP contribution in [0.4, 0.5) is 0 Å². The molecule has 128 valence electrons. The van der Waals surface area contributed by atoms with Crippen molar-refractivity contribution in [1.29, 1.82) is 0 Å². The Balaban J connectivity index is 2.75. The summed E-state index contributed by atoms with van der Waals surface area (Å²) in [7, 11) is -8.83. The first-order chi connectivity index (χ1) is 10.0. The van der Waals surface area contributed by atoms with Gasteiger partial charge in [-0.1, -0.05) is 12.8 Å². The molecule has 0 bridgehead atoms. The summed E-state index contributed by atoms with van der Waals surface area (Å²) in [6.45, 7) is 0. The van der Waals surface area contributed by atoms with E-state index in [2.05, 4.69) is 0 Å². The zero-order valence-corrected chi connectivity index (χ0v) is 13.3. The Kier molecular flexibility index (Phi) is 6.73. The van der Waals surface area contributed by atoms with Crippen LogP contribution < -0.4 is 0 Å². The maximum atomic E-state index is 11.7. The van der Waals surface area contributed by atoms with Crippen molar-refractivity contribution < 1.29 is 47.8 Å². The fourth-order valence-corrected chi connectivity index (χ4v) is 4.30. The lowest BCUT2D eigenvalue weighted by Gasteiger charge is -2.32. The van der Waals surface area contributed by atoms with E-state index in [1.807, 2.05) is 0 Å². The van der Waals surface area contributed by atoms with Crippen LogP contribution in [-0.4, -0.2) is 56.5 Å². The first kappa shape index (κ1) is 19.3. The zero-order valence-electron chi connectivity index (χ0n) is 11.5. The van der Waals surface area contributed by atoms with Gasteiger partial charge in [0.05, 0.1) is 12.2 Å². The fraction of sp³-hybridized carbons (Fsp3) is 0.800. The molecule has 1 saturated carbocycles. The highest BCUT2D eigenvalue weighted by Gasteiger charge is 2.38. The molecule has 4 atom stereocenters. The Morgan fingerprint density at radius 1 is 0.864 bits per heavy atom. The van der Waals surface area contributed by atoms with Crippen LogP contribution in [0.25, 0.3) is 0 Å². The lowest BCUT2D eigenvalue weighted by atomic mass is 9.95. The minimum absolute atomic E-state index is 0.238. The van der Waals surface area contributed by atoms with Crippen LogP contribution >= 0.6 is 15.2 Å². The molecule has 0 radical (unpaired) electrons. The predicted molar refractivity (Wildman–Crippen MR) is 72.9 cm³/mol. The van der Waals surface area contributed by atoms with E-state index in [-0.39, 0.29) is 12.8 Å². The number of carboxylic acids is 2. The van der Waals surface area contributed by atoms with Gasteiger partial charge < -0.3 is 29.0 Å². The van der Waals surface area contributed by atoms with Gasteiger partial charge in [-0.25, -0.2) is 0 Å². The molecule has 1 fully saturated rings. The molecule has 0 amide bonds. The van der Waals surface area contributed by atoms with Gasteiger partial charge in [-0.15, -0.1) is 0 Å². The van der Waals surface area contributed by atoms with Crippen molar-refractivity contribution in [2.75, 3.05) is 12.3 Å². The molecular weight excluding hydrogens is 342 g/mol. The first-order valence-corrected chi connectivity index (χ1v) is 9.97. The van der Waals surface area contributed by atoms with Crippen LogP contribution in [0.5, 0.6) is 0 Å². The van der Waals surface area contributed by atoms with E-state index in [9.17, 15) is 28.5 Å². The van der Waals surface area contributed by atoms with E-state index in [1.165, 1.54) is 0 Å². The summed E-state index contributed by atoms with van der Waals surface area (Å²) < 4.78 is 33.1. The SMILES string of the molecule is O=C(O)CP(=O)(O)OC1CCCCC1OP(=O)(O)CC(=O)O. The topological polar surface area (TPSA) is 168 Å². The molecule has 0 spiro atoms. The number of carboxylic acid groups (broad SMARTS) is 2. The van der Waals surface area contributed by atoms with Crippen molar-refractivity contribution in [1.82, 2.24) is 0 Å². The number of carbonyl (C=O) groups is 2. The molecule has 0 aliphatic heterocycles. The molecule has 1 aliphatic carbocycles. The monoisotopic (exact) mass is 360 g/mol. The van der Waals surface area contributed by atoms with Gasteiger partial charge in [-0.05, 0) is 12.8 Å². The minimum atomic E-state index is -4.41. The van der Waals surface area contributed by atoms with Crippen molar-refractivity contribution in [3.63, 3.8) is 0 Å². The van der Waals surface area contributed by atoms with Gasteiger partial charge in [0.2, 0.25) is 0 Å². The van der Waals surface area contributed by atoms with E-state index in [4.69, 9.17) is 19.3 Å². The number of hydrogen-bond donors (Lipinski definition) is 4. The van der Waals surface area contributed by atoms with Crippen molar-refractivity contribution in [3.8, 4) is 0 Å². The largest absolute Gasteiger partial charge is 0.481 e. The molecule has 0 aromatic heterocycles. The van der Waals surface area contributed by atoms with Crippen molar-refractivity contribution in [2.24, 2.45) is 0 Å². The fourth-order valence-electron chi connectivity index (χ4n) is 2.14. The quantitative estimate of drug-likeness (QED) is 0.456. The summed E-state index contributed by atoms with van der Waals surface area (Å²) in [6, 6.07) is 0. The highest BCUT2D eigenvalue weighted by Crippen LogP contribution is 2.50. The summed E-state index contributed by atoms with van der Waals surface area (Å²) in [6.07, 6.45) is -2.59. The summed E-state index contributed by atoms with van der Waals surface area (Å²) in [4.78, 5) is 39.9. The van der Waals surface area contributed by atoms with E-state index in [0.29, 0.717) is 12.8 Å². The van der Waals surface area contributed by atoms with Crippen LogP contribution in [0.2, 0.25) is 0 Å². The van der Waals surface area contributed by atoms with Gasteiger partial charge >= 0.3 is 27.1 Å². The van der Waals surface area contributed by atoms with Crippen molar-refractivity contribution >= 4 is 27.1 Å². The van der Waals surface area contributed by atoms with Gasteiger partial charge in [0.1, 0.15) is 12.3 Å². The second-order valence-electron chi connectivity index (χ2n) is 4.95. The van der Waals surface area contributed by atoms with Crippen LogP contribution in [-0.2, 0) is 27.8 Å². The highest BCUT2D eigenvalue weighted by atomic mass is 31.2. The lowest BCUT2D eigenvalue weighted by molar-refractivity contribution is -0.135. The van der Waals surface area contributed by atoms with Gasteiger partial charge in [0.25, 0.3) is 0 Å². The molecule has 22 heavy (non-hydrogen) atoms. The average Bonchev–Trinajstić information content (AvgIpc) is 2.27. The Morgan fingerprint density at radius 2 is 1.18 bits per heavy atom. The maximum absolute atomic E-state index is 11.7. The van der Waals surface area contributed by atoms with E-state index in [0.717, 1.165) is 0 Å². The molecule has 4 unspecified atom stereocenters. The van der Waals surface area contributed by atoms with Crippen molar-refractivity contribution in [2.45, 2.75) is 37.9 Å². The standard InChI is InChI=1S/C10H18O10P2/c11-9(12)5-21(15,16)19-7-3-1-2-4-8(7)20-22(17,18)6-10(13)14/h7-8H,1-6H2,(H,11,12)(H,13,14)(H,15,16)(H,17,18). The molecule has 1 rings (SSSR count). The Bertz CT molecular complexity index is 472. The van der Waals surface area contributed by atoms with E-state index < -0.39 is 51.7 Å². The Morgan fingerprint density at radius 3 is 1.45 bits per heavy atom. The number of hydrogen-bond acceptors (Lipinski definition) is 6. The minimum Gasteiger partial charge on any atom is -0.481 e. The third-order valence-electron chi connectivity index (χ3n) is 2.91. The van der Waals surface area contributed by atoms with Gasteiger partial charge in [-0.3, -0.25) is 18.7 Å². The third kappa shape index (κ3) is 7.00. The molecule has 0 aromatic rings. The second-order valence-corrected chi connectivity index (χ2v) is 8.55. The van der Waals surface area contributed by atoms with Crippen LogP contribution in [0, 0.1) is 0 Å². The van der Waals surface area contributed by atoms with E-state index in [1.54, 1.807) is 0 Å². The first-order valence-electron chi connectivity index (χ1n) is 6.45. The molecular formula is C10H18O10P2. The molecule has 0 saturated heterocycles. The van der Waals surface area contributed by atoms with Crippen LogP contribution in [0.15, 0.2) is 0 Å². The van der Waals surface area contributed by atoms with Gasteiger partial charge in [0, 0.05) is 0 Å². The number of rotatable bonds is 8. The smallest absolute Gasteiger partial charge is 0.339 e. The normalized spacial score (nSPS) is 27.5. The summed E-state index contributed by atoms with van der Waals surface area (Å²) in [5, 5.41) is 17.1. The van der Waals surface area contributed by atoms with Gasteiger partial charge in [0.15, 0.2) is 0 Å². The van der Waals surface area contributed by atoms with Gasteiger partial charge in [-0.2, -0.15) is 0 Å². The summed E-state index contributed by atoms with van der Waals surface area (Å²) >= 11 is 0. The van der Waals surface area contributed by atoms with Crippen LogP contribution in [0.1, 0.15) is 25.7 Å². The summed E-state index contributed by atoms with van der Waals surface area (Å²) in [5.41, 5.74) is 0. The maximum Gasteiger partial charge on any atom is 0.339 e. The molecule has 0 heterocycles. The highest BCUT2D eigenvalue weighted by molar-refractivity contribution is 7.54. The lowest BCUT2D eigenvalue weighted by Crippen LogP contribution is -2.34. The average molecular weight is 360 g/mol. The molecule has 4 N–H and O–H groups in total. The van der Waals surface area contributed by atoms with Crippen molar-refractivity contribution in [3.05, 3.63) is 0 Å². The van der Waals surface area contributed by atoms with Crippen LogP contribution in [0.3, 0.4) is 0 Å². The molecule has 1 aliphatic rings. The third-order valence-corrected chi connectivity index (χ3v) is 5.45. The van der Waals surface area contributed by atoms with E-state index >= 15 is 0 Å². The summed E-state index contributed by atoms with van der Waals surface area (Å²) in [5.74, 6) is -3.03. The Hall–Kier alpha value is -0.760.